The van der Waals surface area contributed by atoms with Crippen molar-refractivity contribution in [2.24, 2.45) is 0 Å². The number of Topliss-reactive ketones (excluding diaryl/α,β-unsaturated/α-hetero) is 1. The van der Waals surface area contributed by atoms with Crippen LogP contribution in [0.5, 0.6) is 11.5 Å². The number of aliphatic hydroxyl groups is 2. The quantitative estimate of drug-likeness (QED) is 0.431. The van der Waals surface area contributed by atoms with Crippen LogP contribution >= 0.6 is 0 Å². The molecule has 1 aliphatic rings. The van der Waals surface area contributed by atoms with Gasteiger partial charge in [0, 0.05) is 17.7 Å². The number of hydrogen-bond donors (Lipinski definition) is 2. The summed E-state index contributed by atoms with van der Waals surface area (Å²) in [5.74, 6) is -0.962. The Hall–Kier alpha value is -3.32. The molecule has 158 valence electrons. The first-order chi connectivity index (χ1) is 14.3. The molecule has 0 saturated carbocycles. The van der Waals surface area contributed by atoms with E-state index in [2.05, 4.69) is 0 Å². The number of likely N-dealkylation sites (tertiary alicyclic amines) is 1. The molecule has 1 heterocycles. The van der Waals surface area contributed by atoms with Crippen LogP contribution < -0.4 is 9.47 Å². The predicted octanol–water partition coefficient (Wildman–Crippen LogP) is 2.81. The highest BCUT2D eigenvalue weighted by Crippen LogP contribution is 2.43. The molecule has 1 aliphatic heterocycles. The van der Waals surface area contributed by atoms with Gasteiger partial charge in [0.1, 0.15) is 17.3 Å². The summed E-state index contributed by atoms with van der Waals surface area (Å²) in [7, 11) is 2.98. The molecule has 7 heteroatoms. The topological polar surface area (TPSA) is 96.3 Å². The Kier molecular flexibility index (Phi) is 6.12. The van der Waals surface area contributed by atoms with Crippen LogP contribution in [0.4, 0.5) is 0 Å². The molecule has 0 bridgehead atoms. The van der Waals surface area contributed by atoms with Gasteiger partial charge < -0.3 is 24.6 Å². The highest BCUT2D eigenvalue weighted by Gasteiger charge is 2.47. The van der Waals surface area contributed by atoms with E-state index in [9.17, 15) is 19.8 Å². The summed E-state index contributed by atoms with van der Waals surface area (Å²) in [6, 6.07) is 11.1. The lowest BCUT2D eigenvalue weighted by Gasteiger charge is -2.27. The Morgan fingerprint density at radius 3 is 2.33 bits per heavy atom. The molecule has 2 aromatic rings. The highest BCUT2D eigenvalue weighted by molar-refractivity contribution is 6.46. The highest BCUT2D eigenvalue weighted by atomic mass is 16.5. The van der Waals surface area contributed by atoms with Crippen LogP contribution in [0.3, 0.4) is 0 Å². The Morgan fingerprint density at radius 2 is 1.77 bits per heavy atom. The number of ketones is 1. The van der Waals surface area contributed by atoms with Crippen LogP contribution in [0.25, 0.3) is 5.76 Å². The maximum Gasteiger partial charge on any atom is 0.295 e. The van der Waals surface area contributed by atoms with E-state index in [1.165, 1.54) is 26.0 Å². The van der Waals surface area contributed by atoms with E-state index in [1.54, 1.807) is 30.3 Å². The molecular weight excluding hydrogens is 386 g/mol. The fourth-order valence-electron chi connectivity index (χ4n) is 3.60. The number of methoxy groups -OCH3 is 2. The van der Waals surface area contributed by atoms with Gasteiger partial charge in [-0.05, 0) is 32.0 Å². The second-order valence-electron chi connectivity index (χ2n) is 7.27. The van der Waals surface area contributed by atoms with E-state index in [1.807, 2.05) is 19.1 Å². The average Bonchev–Trinajstić information content (AvgIpc) is 2.97. The van der Waals surface area contributed by atoms with Crippen LogP contribution in [0.15, 0.2) is 48.0 Å². The number of benzene rings is 2. The summed E-state index contributed by atoms with van der Waals surface area (Å²) in [4.78, 5) is 27.0. The molecule has 0 aliphatic carbocycles. The standard InChI is InChI=1S/C23H25NO6/c1-13-5-7-15(8-6-13)21(26)19-20(24(12-14(2)25)23(28)22(19)27)17-11-16(29-3)9-10-18(17)30-4/h5-11,14,20,25-26H,12H2,1-4H3/b21-19-. The minimum absolute atomic E-state index is 0.0592. The second-order valence-corrected chi connectivity index (χ2v) is 7.27. The van der Waals surface area contributed by atoms with Crippen molar-refractivity contribution in [3.05, 3.63) is 64.7 Å². The van der Waals surface area contributed by atoms with Crippen molar-refractivity contribution in [2.45, 2.75) is 26.0 Å². The van der Waals surface area contributed by atoms with Crippen molar-refractivity contribution in [3.63, 3.8) is 0 Å². The summed E-state index contributed by atoms with van der Waals surface area (Å²) < 4.78 is 10.8. The van der Waals surface area contributed by atoms with E-state index in [0.717, 1.165) is 5.56 Å². The van der Waals surface area contributed by atoms with Gasteiger partial charge in [-0.1, -0.05) is 29.8 Å². The Morgan fingerprint density at radius 1 is 1.10 bits per heavy atom. The first-order valence-electron chi connectivity index (χ1n) is 9.54. The molecule has 0 aromatic heterocycles. The lowest BCUT2D eigenvalue weighted by atomic mass is 9.94. The van der Waals surface area contributed by atoms with E-state index in [4.69, 9.17) is 9.47 Å². The normalized spacial score (nSPS) is 19.1. The maximum absolute atomic E-state index is 13.0. The molecule has 3 rings (SSSR count). The molecular formula is C23H25NO6. The van der Waals surface area contributed by atoms with Crippen LogP contribution in [-0.2, 0) is 9.59 Å². The fourth-order valence-corrected chi connectivity index (χ4v) is 3.60. The van der Waals surface area contributed by atoms with Crippen LogP contribution in [-0.4, -0.2) is 53.7 Å². The van der Waals surface area contributed by atoms with E-state index < -0.39 is 23.8 Å². The monoisotopic (exact) mass is 411 g/mol. The number of amides is 1. The van der Waals surface area contributed by atoms with Crippen LogP contribution in [0.1, 0.15) is 29.7 Å². The number of β-amino-alcohol motifs (C(OH)–C–C–N with tert-alkyl or cyclic N) is 1. The predicted molar refractivity (Wildman–Crippen MR) is 111 cm³/mol. The van der Waals surface area contributed by atoms with E-state index >= 15 is 0 Å². The molecule has 30 heavy (non-hydrogen) atoms. The number of hydrogen-bond acceptors (Lipinski definition) is 6. The number of carbonyl (C=O) groups is 2. The van der Waals surface area contributed by atoms with Crippen LogP contribution in [0.2, 0.25) is 0 Å². The second kappa shape index (κ2) is 8.59. The summed E-state index contributed by atoms with van der Waals surface area (Å²) >= 11 is 0. The molecule has 2 N–H and O–H groups in total. The fraction of sp³-hybridized carbons (Fsp3) is 0.304. The zero-order valence-corrected chi connectivity index (χ0v) is 17.4. The first-order valence-corrected chi connectivity index (χ1v) is 9.54. The van der Waals surface area contributed by atoms with Crippen LogP contribution in [0, 0.1) is 6.92 Å². The minimum atomic E-state index is -0.939. The van der Waals surface area contributed by atoms with Gasteiger partial charge in [-0.3, -0.25) is 9.59 Å². The number of aliphatic hydroxyl groups excluding tert-OH is 2. The molecule has 0 spiro atoms. The first kappa shape index (κ1) is 21.4. The maximum atomic E-state index is 13.0. The Balaban J connectivity index is 2.27. The van der Waals surface area contributed by atoms with Gasteiger partial charge in [-0.15, -0.1) is 0 Å². The van der Waals surface area contributed by atoms with Crippen molar-refractivity contribution in [1.82, 2.24) is 4.90 Å². The number of aryl methyl sites for hydroxylation is 1. The van der Waals surface area contributed by atoms with Gasteiger partial charge in [-0.2, -0.15) is 0 Å². The van der Waals surface area contributed by atoms with Gasteiger partial charge in [0.15, 0.2) is 0 Å². The van der Waals surface area contributed by atoms with Gasteiger partial charge in [0.25, 0.3) is 11.7 Å². The third-order valence-corrected chi connectivity index (χ3v) is 5.06. The van der Waals surface area contributed by atoms with Crippen molar-refractivity contribution in [3.8, 4) is 11.5 Å². The molecule has 1 amide bonds. The lowest BCUT2D eigenvalue weighted by Crippen LogP contribution is -2.35. The summed E-state index contributed by atoms with van der Waals surface area (Å²) in [6.07, 6.45) is -0.873. The van der Waals surface area contributed by atoms with Gasteiger partial charge in [0.05, 0.1) is 31.9 Å². The van der Waals surface area contributed by atoms with Crippen molar-refractivity contribution in [2.75, 3.05) is 20.8 Å². The molecule has 7 nitrogen and oxygen atoms in total. The number of ether oxygens (including phenoxy) is 2. The van der Waals surface area contributed by atoms with Gasteiger partial charge in [-0.25, -0.2) is 0 Å². The smallest absolute Gasteiger partial charge is 0.295 e. The van der Waals surface area contributed by atoms with Gasteiger partial charge >= 0.3 is 0 Å². The zero-order valence-electron chi connectivity index (χ0n) is 17.4. The summed E-state index contributed by atoms with van der Waals surface area (Å²) in [5.41, 5.74) is 1.83. The Labute approximate surface area is 175 Å². The third-order valence-electron chi connectivity index (χ3n) is 5.06. The molecule has 2 unspecified atom stereocenters. The third kappa shape index (κ3) is 3.89. The molecule has 1 saturated heterocycles. The average molecular weight is 411 g/mol. The number of nitrogens with zero attached hydrogens (tertiary/aromatic N) is 1. The molecule has 2 atom stereocenters. The lowest BCUT2D eigenvalue weighted by molar-refractivity contribution is -0.140. The Bertz CT molecular complexity index is 993. The molecule has 0 radical (unpaired) electrons. The molecule has 2 aromatic carbocycles. The van der Waals surface area contributed by atoms with Crippen molar-refractivity contribution < 1.29 is 29.3 Å². The number of carbonyl (C=O) groups excluding carboxylic acids is 2. The van der Waals surface area contributed by atoms with Crippen molar-refractivity contribution in [1.29, 1.82) is 0 Å². The van der Waals surface area contributed by atoms with Crippen molar-refractivity contribution >= 4 is 17.4 Å². The molecule has 1 fully saturated rings. The van der Waals surface area contributed by atoms with Gasteiger partial charge in [0.2, 0.25) is 0 Å². The minimum Gasteiger partial charge on any atom is -0.507 e. The number of rotatable bonds is 6. The summed E-state index contributed by atoms with van der Waals surface area (Å²) in [5, 5.41) is 21.0. The van der Waals surface area contributed by atoms with E-state index in [0.29, 0.717) is 22.6 Å². The van der Waals surface area contributed by atoms with E-state index in [-0.39, 0.29) is 17.9 Å². The summed E-state index contributed by atoms with van der Waals surface area (Å²) in [6.45, 7) is 3.35. The zero-order chi connectivity index (χ0) is 22.0. The largest absolute Gasteiger partial charge is 0.507 e. The SMILES string of the molecule is COc1ccc(OC)c(C2/C(=C(/O)c3ccc(C)cc3)C(=O)C(=O)N2CC(C)O)c1.